The number of hydrogen-bond donors (Lipinski definition) is 2. The lowest BCUT2D eigenvalue weighted by atomic mass is 9.99. The maximum Gasteiger partial charge on any atom is 0.145 e. The predicted octanol–water partition coefficient (Wildman–Crippen LogP) is 1.76. The first-order valence-corrected chi connectivity index (χ1v) is 6.45. The van der Waals surface area contributed by atoms with Gasteiger partial charge >= 0.3 is 0 Å². The minimum Gasteiger partial charge on any atom is -0.356 e. The van der Waals surface area contributed by atoms with E-state index in [1.807, 2.05) is 6.07 Å². The van der Waals surface area contributed by atoms with Crippen LogP contribution in [0.4, 0.5) is 11.6 Å². The van der Waals surface area contributed by atoms with Crippen molar-refractivity contribution < 1.29 is 0 Å². The number of anilines is 2. The number of hydrogen-bond acceptors (Lipinski definition) is 5. The zero-order valence-electron chi connectivity index (χ0n) is 10.7. The molecule has 98 valence electrons. The van der Waals surface area contributed by atoms with Gasteiger partial charge in [-0.05, 0) is 12.0 Å². The fraction of sp³-hybridized carbons (Fsp3) is 0.286. The van der Waals surface area contributed by atoms with Gasteiger partial charge in [0.05, 0.1) is 0 Å². The molecule has 0 aliphatic carbocycles. The predicted molar refractivity (Wildman–Crippen MR) is 75.9 cm³/mol. The lowest BCUT2D eigenvalue weighted by Crippen LogP contribution is -2.21. The Morgan fingerprint density at radius 3 is 2.84 bits per heavy atom. The van der Waals surface area contributed by atoms with E-state index >= 15 is 0 Å². The molecule has 3 N–H and O–H groups in total. The van der Waals surface area contributed by atoms with Gasteiger partial charge in [0.25, 0.3) is 0 Å². The highest BCUT2D eigenvalue weighted by molar-refractivity contribution is 5.49. The van der Waals surface area contributed by atoms with Crippen molar-refractivity contribution in [3.63, 3.8) is 0 Å². The van der Waals surface area contributed by atoms with E-state index in [-0.39, 0.29) is 0 Å². The molecule has 19 heavy (non-hydrogen) atoms. The number of hydrazine groups is 1. The summed E-state index contributed by atoms with van der Waals surface area (Å²) in [5.41, 5.74) is 3.96. The Balaban J connectivity index is 1.75. The van der Waals surface area contributed by atoms with Crippen LogP contribution >= 0.6 is 0 Å². The molecule has 1 aliphatic rings. The zero-order valence-corrected chi connectivity index (χ0v) is 10.7. The van der Waals surface area contributed by atoms with Crippen LogP contribution in [0.25, 0.3) is 0 Å². The summed E-state index contributed by atoms with van der Waals surface area (Å²) < 4.78 is 0. The van der Waals surface area contributed by atoms with Gasteiger partial charge in [0.1, 0.15) is 18.0 Å². The third-order valence-electron chi connectivity index (χ3n) is 3.58. The number of rotatable bonds is 3. The molecular weight excluding hydrogens is 238 g/mol. The van der Waals surface area contributed by atoms with Gasteiger partial charge in [-0.15, -0.1) is 0 Å². The normalized spacial score (nSPS) is 18.6. The topological polar surface area (TPSA) is 67.1 Å². The van der Waals surface area contributed by atoms with Crippen molar-refractivity contribution in [1.29, 1.82) is 0 Å². The van der Waals surface area contributed by atoms with Crippen LogP contribution < -0.4 is 16.2 Å². The highest BCUT2D eigenvalue weighted by atomic mass is 15.3. The molecule has 1 fully saturated rings. The number of nitrogens with zero attached hydrogens (tertiary/aromatic N) is 3. The largest absolute Gasteiger partial charge is 0.356 e. The van der Waals surface area contributed by atoms with E-state index in [1.54, 1.807) is 6.33 Å². The summed E-state index contributed by atoms with van der Waals surface area (Å²) in [6.07, 6.45) is 2.69. The summed E-state index contributed by atoms with van der Waals surface area (Å²) in [5, 5.41) is 0. The summed E-state index contributed by atoms with van der Waals surface area (Å²) in [6, 6.07) is 12.5. The summed E-state index contributed by atoms with van der Waals surface area (Å²) in [6.45, 7) is 2.01. The molecule has 0 saturated carbocycles. The van der Waals surface area contributed by atoms with Gasteiger partial charge in [-0.25, -0.2) is 15.8 Å². The first-order chi connectivity index (χ1) is 9.36. The van der Waals surface area contributed by atoms with Crippen molar-refractivity contribution in [3.8, 4) is 0 Å². The highest BCUT2D eigenvalue weighted by Crippen LogP contribution is 2.29. The molecule has 1 saturated heterocycles. The van der Waals surface area contributed by atoms with Gasteiger partial charge < -0.3 is 10.3 Å². The van der Waals surface area contributed by atoms with E-state index in [4.69, 9.17) is 5.84 Å². The van der Waals surface area contributed by atoms with Crippen molar-refractivity contribution in [1.82, 2.24) is 9.97 Å². The molecule has 5 heteroatoms. The standard InChI is InChI=1S/C14H17N5/c15-18-13-8-14(17-10-16-13)19-7-6-12(9-19)11-4-2-1-3-5-11/h1-5,8,10,12H,6-7,9,15H2,(H,16,17,18). The number of aromatic nitrogens is 2. The molecule has 0 spiro atoms. The maximum atomic E-state index is 5.38. The molecule has 0 radical (unpaired) electrons. The van der Waals surface area contributed by atoms with E-state index in [1.165, 1.54) is 5.56 Å². The maximum absolute atomic E-state index is 5.38. The van der Waals surface area contributed by atoms with E-state index in [0.717, 1.165) is 25.3 Å². The number of nitrogen functional groups attached to an aromatic ring is 1. The second kappa shape index (κ2) is 5.24. The van der Waals surface area contributed by atoms with Gasteiger partial charge in [-0.3, -0.25) is 0 Å². The smallest absolute Gasteiger partial charge is 0.145 e. The third kappa shape index (κ3) is 2.51. The van der Waals surface area contributed by atoms with Gasteiger partial charge in [0, 0.05) is 25.1 Å². The molecule has 5 nitrogen and oxygen atoms in total. The van der Waals surface area contributed by atoms with Crippen LogP contribution in [0, 0.1) is 0 Å². The van der Waals surface area contributed by atoms with Crippen LogP contribution in [0.1, 0.15) is 17.9 Å². The Labute approximate surface area is 112 Å². The molecule has 0 bridgehead atoms. The van der Waals surface area contributed by atoms with E-state index < -0.39 is 0 Å². The molecule has 2 heterocycles. The zero-order chi connectivity index (χ0) is 13.1. The molecule has 2 aromatic rings. The van der Waals surface area contributed by atoms with Crippen LogP contribution in [-0.2, 0) is 0 Å². The van der Waals surface area contributed by atoms with Crippen molar-refractivity contribution in [2.24, 2.45) is 5.84 Å². The molecule has 1 atom stereocenters. The monoisotopic (exact) mass is 255 g/mol. The van der Waals surface area contributed by atoms with Crippen LogP contribution in [0.2, 0.25) is 0 Å². The summed E-state index contributed by atoms with van der Waals surface area (Å²) in [4.78, 5) is 10.6. The molecular formula is C14H17N5. The SMILES string of the molecule is NNc1cc(N2CCC(c3ccccc3)C2)ncn1. The summed E-state index contributed by atoms with van der Waals surface area (Å²) in [5.74, 6) is 7.53. The Bertz CT molecular complexity index is 543. The number of benzene rings is 1. The van der Waals surface area contributed by atoms with Crippen LogP contribution in [-0.4, -0.2) is 23.1 Å². The number of nitrogens with one attached hydrogen (secondary N) is 1. The minimum atomic E-state index is 0.574. The van der Waals surface area contributed by atoms with Crippen molar-refractivity contribution in [2.45, 2.75) is 12.3 Å². The average Bonchev–Trinajstić information content (AvgIpc) is 2.98. The molecule has 1 aliphatic heterocycles. The van der Waals surface area contributed by atoms with Crippen LogP contribution in [0.5, 0.6) is 0 Å². The lowest BCUT2D eigenvalue weighted by Gasteiger charge is -2.17. The van der Waals surface area contributed by atoms with Crippen molar-refractivity contribution in [2.75, 3.05) is 23.4 Å². The van der Waals surface area contributed by atoms with Crippen molar-refractivity contribution in [3.05, 3.63) is 48.3 Å². The Morgan fingerprint density at radius 1 is 1.21 bits per heavy atom. The fourth-order valence-corrected chi connectivity index (χ4v) is 2.56. The van der Waals surface area contributed by atoms with E-state index in [9.17, 15) is 0 Å². The quantitative estimate of drug-likeness (QED) is 0.646. The van der Waals surface area contributed by atoms with Gasteiger partial charge in [-0.2, -0.15) is 0 Å². The molecule has 1 aromatic heterocycles. The summed E-state index contributed by atoms with van der Waals surface area (Å²) >= 11 is 0. The molecule has 1 aromatic carbocycles. The molecule has 3 rings (SSSR count). The van der Waals surface area contributed by atoms with Gasteiger partial charge in [0.15, 0.2) is 0 Å². The highest BCUT2D eigenvalue weighted by Gasteiger charge is 2.24. The first-order valence-electron chi connectivity index (χ1n) is 6.45. The second-order valence-electron chi connectivity index (χ2n) is 4.75. The average molecular weight is 255 g/mol. The van der Waals surface area contributed by atoms with Crippen LogP contribution in [0.3, 0.4) is 0 Å². The van der Waals surface area contributed by atoms with Gasteiger partial charge in [-0.1, -0.05) is 30.3 Å². The lowest BCUT2D eigenvalue weighted by molar-refractivity contribution is 0.774. The Hall–Kier alpha value is -2.14. The summed E-state index contributed by atoms with van der Waals surface area (Å²) in [7, 11) is 0. The van der Waals surface area contributed by atoms with E-state index in [2.05, 4.69) is 50.6 Å². The fourth-order valence-electron chi connectivity index (χ4n) is 2.56. The minimum absolute atomic E-state index is 0.574. The van der Waals surface area contributed by atoms with Crippen molar-refractivity contribution >= 4 is 11.6 Å². The second-order valence-corrected chi connectivity index (χ2v) is 4.75. The number of nitrogens with two attached hydrogens (primary N) is 1. The Kier molecular flexibility index (Phi) is 3.29. The third-order valence-corrected chi connectivity index (χ3v) is 3.58. The molecule has 0 amide bonds. The van der Waals surface area contributed by atoms with Gasteiger partial charge in [0.2, 0.25) is 0 Å². The molecule has 1 unspecified atom stereocenters. The van der Waals surface area contributed by atoms with Crippen LogP contribution in [0.15, 0.2) is 42.7 Å². The Morgan fingerprint density at radius 2 is 2.05 bits per heavy atom. The first kappa shape index (κ1) is 11.9. The van der Waals surface area contributed by atoms with E-state index in [0.29, 0.717) is 11.7 Å².